The predicted molar refractivity (Wildman–Crippen MR) is 33.4 cm³/mol. The van der Waals surface area contributed by atoms with Crippen molar-refractivity contribution < 1.29 is 9.90 Å². The van der Waals surface area contributed by atoms with Crippen LogP contribution >= 0.6 is 11.3 Å². The Morgan fingerprint density at radius 1 is 1.70 bits per heavy atom. The first-order chi connectivity index (χ1) is 4.68. The predicted octanol–water partition coefficient (Wildman–Crippen LogP) is -0.861. The van der Waals surface area contributed by atoms with E-state index in [0.717, 1.165) is 5.01 Å². The van der Waals surface area contributed by atoms with Crippen LogP contribution in [0.4, 0.5) is 0 Å². The maximum atomic E-state index is 10.0. The molecule has 0 amide bonds. The van der Waals surface area contributed by atoms with E-state index in [1.165, 1.54) is 11.3 Å². The molecular formula is C5H5N2O2S-. The lowest BCUT2D eigenvalue weighted by atomic mass is 10.5. The summed E-state index contributed by atoms with van der Waals surface area (Å²) in [5.74, 6) is -1.11. The van der Waals surface area contributed by atoms with Crippen molar-refractivity contribution in [3.63, 3.8) is 0 Å². The Balaban J connectivity index is 2.67. The Morgan fingerprint density at radius 2 is 2.40 bits per heavy atom. The second kappa shape index (κ2) is 2.74. The summed E-state index contributed by atoms with van der Waals surface area (Å²) >= 11 is 1.27. The zero-order chi connectivity index (χ0) is 7.56. The van der Waals surface area contributed by atoms with E-state index in [4.69, 9.17) is 0 Å². The maximum absolute atomic E-state index is 10.0. The lowest BCUT2D eigenvalue weighted by molar-refractivity contribution is -0.304. The van der Waals surface area contributed by atoms with Crippen molar-refractivity contribution >= 4 is 17.3 Å². The molecule has 0 aliphatic rings. The third kappa shape index (κ3) is 1.77. The molecule has 5 heteroatoms. The van der Waals surface area contributed by atoms with Gasteiger partial charge in [-0.05, 0) is 6.92 Å². The molecule has 0 N–H and O–H groups in total. The number of carbonyl (C=O) groups excluding carboxylic acids is 1. The largest absolute Gasteiger partial charge is 0.550 e. The normalized spacial score (nSPS) is 9.70. The van der Waals surface area contributed by atoms with E-state index in [1.54, 1.807) is 6.92 Å². The number of aliphatic carboxylic acids is 1. The third-order valence-electron chi connectivity index (χ3n) is 0.863. The van der Waals surface area contributed by atoms with Crippen LogP contribution in [0.1, 0.15) is 10.0 Å². The Kier molecular flexibility index (Phi) is 1.96. The Labute approximate surface area is 61.5 Å². The van der Waals surface area contributed by atoms with Crippen molar-refractivity contribution in [3.05, 3.63) is 10.0 Å². The zero-order valence-corrected chi connectivity index (χ0v) is 6.14. The SMILES string of the molecule is Cc1nnc(CC(=O)[O-])s1. The molecule has 0 aliphatic carbocycles. The zero-order valence-electron chi connectivity index (χ0n) is 5.33. The number of aryl methyl sites for hydroxylation is 1. The number of aromatic nitrogens is 2. The molecule has 54 valence electrons. The Hall–Kier alpha value is -0.970. The summed E-state index contributed by atoms with van der Waals surface area (Å²) in [5.41, 5.74) is 0. The molecule has 1 rings (SSSR count). The minimum Gasteiger partial charge on any atom is -0.550 e. The fourth-order valence-corrected chi connectivity index (χ4v) is 1.23. The molecule has 0 saturated carbocycles. The van der Waals surface area contributed by atoms with Gasteiger partial charge in [-0.3, -0.25) is 0 Å². The lowest BCUT2D eigenvalue weighted by Crippen LogP contribution is -2.24. The third-order valence-corrected chi connectivity index (χ3v) is 1.70. The van der Waals surface area contributed by atoms with Crippen molar-refractivity contribution in [1.82, 2.24) is 10.2 Å². The summed E-state index contributed by atoms with van der Waals surface area (Å²) in [5, 5.41) is 18.5. The summed E-state index contributed by atoms with van der Waals surface area (Å²) in [4.78, 5) is 10.0. The van der Waals surface area contributed by atoms with E-state index in [2.05, 4.69) is 10.2 Å². The fraction of sp³-hybridized carbons (Fsp3) is 0.400. The van der Waals surface area contributed by atoms with Crippen LogP contribution in [0.25, 0.3) is 0 Å². The van der Waals surface area contributed by atoms with Crippen LogP contribution in [0.5, 0.6) is 0 Å². The van der Waals surface area contributed by atoms with E-state index >= 15 is 0 Å². The molecule has 10 heavy (non-hydrogen) atoms. The number of carboxylic acids is 1. The molecule has 0 spiro atoms. The minimum atomic E-state index is -1.11. The van der Waals surface area contributed by atoms with Gasteiger partial charge >= 0.3 is 0 Å². The Morgan fingerprint density at radius 3 is 2.80 bits per heavy atom. The molecule has 0 aliphatic heterocycles. The minimum absolute atomic E-state index is 0.133. The number of hydrogen-bond donors (Lipinski definition) is 0. The standard InChI is InChI=1S/C5H6N2O2S/c1-3-6-7-4(10-3)2-5(8)9/h2H2,1H3,(H,8,9)/p-1. The van der Waals surface area contributed by atoms with Crippen LogP contribution in [0.2, 0.25) is 0 Å². The van der Waals surface area contributed by atoms with Gasteiger partial charge < -0.3 is 9.90 Å². The van der Waals surface area contributed by atoms with Gasteiger partial charge in [0.05, 0.1) is 0 Å². The van der Waals surface area contributed by atoms with Crippen molar-refractivity contribution in [2.75, 3.05) is 0 Å². The highest BCUT2D eigenvalue weighted by atomic mass is 32.1. The van der Waals surface area contributed by atoms with Gasteiger partial charge in [-0.25, -0.2) is 0 Å². The monoisotopic (exact) mass is 157 g/mol. The number of nitrogens with zero attached hydrogens (tertiary/aromatic N) is 2. The molecule has 0 unspecified atom stereocenters. The van der Waals surface area contributed by atoms with E-state index < -0.39 is 5.97 Å². The highest BCUT2D eigenvalue weighted by Crippen LogP contribution is 2.07. The first-order valence-electron chi connectivity index (χ1n) is 2.67. The van der Waals surface area contributed by atoms with Gasteiger partial charge in [-0.15, -0.1) is 21.5 Å². The smallest absolute Gasteiger partial charge is 0.123 e. The van der Waals surface area contributed by atoms with Gasteiger partial charge in [-0.1, -0.05) is 0 Å². The van der Waals surface area contributed by atoms with Gasteiger partial charge in [0.25, 0.3) is 0 Å². The van der Waals surface area contributed by atoms with Crippen LogP contribution < -0.4 is 5.11 Å². The van der Waals surface area contributed by atoms with Gasteiger partial charge in [-0.2, -0.15) is 0 Å². The number of carbonyl (C=O) groups is 1. The van der Waals surface area contributed by atoms with E-state index in [9.17, 15) is 9.90 Å². The van der Waals surface area contributed by atoms with E-state index in [1.807, 2.05) is 0 Å². The molecule has 1 aromatic heterocycles. The molecular weight excluding hydrogens is 152 g/mol. The maximum Gasteiger partial charge on any atom is 0.123 e. The van der Waals surface area contributed by atoms with Crippen LogP contribution in [-0.4, -0.2) is 16.2 Å². The Bertz CT molecular complexity index is 246. The summed E-state index contributed by atoms with van der Waals surface area (Å²) in [7, 11) is 0. The number of rotatable bonds is 2. The highest BCUT2D eigenvalue weighted by Gasteiger charge is 1.98. The van der Waals surface area contributed by atoms with Gasteiger partial charge in [0.2, 0.25) is 0 Å². The molecule has 0 bridgehead atoms. The molecule has 0 aromatic carbocycles. The summed E-state index contributed by atoms with van der Waals surface area (Å²) in [6.45, 7) is 1.77. The first-order valence-corrected chi connectivity index (χ1v) is 3.49. The topological polar surface area (TPSA) is 65.9 Å². The lowest BCUT2D eigenvalue weighted by Gasteiger charge is -1.93. The summed E-state index contributed by atoms with van der Waals surface area (Å²) in [6, 6.07) is 0. The van der Waals surface area contributed by atoms with Gasteiger partial charge in [0, 0.05) is 12.4 Å². The average Bonchev–Trinajstić information content (AvgIpc) is 2.13. The first kappa shape index (κ1) is 7.14. The van der Waals surface area contributed by atoms with Gasteiger partial charge in [0.15, 0.2) is 0 Å². The number of carboxylic acid groups (broad SMARTS) is 1. The van der Waals surface area contributed by atoms with Crippen molar-refractivity contribution in [3.8, 4) is 0 Å². The van der Waals surface area contributed by atoms with Crippen molar-refractivity contribution in [1.29, 1.82) is 0 Å². The molecule has 1 heterocycles. The van der Waals surface area contributed by atoms with Crippen LogP contribution in [-0.2, 0) is 11.2 Å². The van der Waals surface area contributed by atoms with E-state index in [-0.39, 0.29) is 6.42 Å². The van der Waals surface area contributed by atoms with Crippen molar-refractivity contribution in [2.45, 2.75) is 13.3 Å². The fourth-order valence-electron chi connectivity index (χ4n) is 0.532. The molecule has 0 atom stereocenters. The van der Waals surface area contributed by atoms with Crippen LogP contribution in [0.3, 0.4) is 0 Å². The summed E-state index contributed by atoms with van der Waals surface area (Å²) in [6.07, 6.45) is -0.133. The summed E-state index contributed by atoms with van der Waals surface area (Å²) < 4.78 is 0. The molecule has 1 aromatic rings. The molecule has 4 nitrogen and oxygen atoms in total. The second-order valence-corrected chi connectivity index (χ2v) is 3.03. The van der Waals surface area contributed by atoms with E-state index in [0.29, 0.717) is 5.01 Å². The molecule has 0 saturated heterocycles. The van der Waals surface area contributed by atoms with Gasteiger partial charge in [0.1, 0.15) is 10.0 Å². The number of hydrogen-bond acceptors (Lipinski definition) is 5. The molecule has 0 fully saturated rings. The highest BCUT2D eigenvalue weighted by molar-refractivity contribution is 7.11. The average molecular weight is 157 g/mol. The van der Waals surface area contributed by atoms with Crippen LogP contribution in [0, 0.1) is 6.92 Å². The quantitative estimate of drug-likeness (QED) is 0.560. The van der Waals surface area contributed by atoms with Crippen molar-refractivity contribution in [2.24, 2.45) is 0 Å². The molecule has 0 radical (unpaired) electrons. The van der Waals surface area contributed by atoms with Crippen LogP contribution in [0.15, 0.2) is 0 Å². The second-order valence-electron chi connectivity index (χ2n) is 1.76.